The average Bonchev–Trinajstić information content (AvgIpc) is 2.45. The van der Waals surface area contributed by atoms with Gasteiger partial charge in [-0.15, -0.1) is 0 Å². The molecular weight excluding hydrogens is 437 g/mol. The van der Waals surface area contributed by atoms with Crippen molar-refractivity contribution in [1.29, 1.82) is 0 Å². The third-order valence-electron chi connectivity index (χ3n) is 3.42. The Morgan fingerprint density at radius 3 is 2.30 bits per heavy atom. The van der Waals surface area contributed by atoms with E-state index in [0.29, 0.717) is 5.25 Å². The summed E-state index contributed by atoms with van der Waals surface area (Å²) >= 11 is 5.41. The molecule has 1 nitrogen and oxygen atoms in total. The molecule has 2 radical (unpaired) electrons. The van der Waals surface area contributed by atoms with E-state index in [9.17, 15) is 0 Å². The van der Waals surface area contributed by atoms with Crippen LogP contribution in [0.25, 0.3) is 10.8 Å². The molecule has 0 saturated heterocycles. The first-order chi connectivity index (χ1) is 9.67. The first-order valence-electron chi connectivity index (χ1n) is 6.90. The maximum absolute atomic E-state index is 6.23. The Morgan fingerprint density at radius 1 is 1.20 bits per heavy atom. The summed E-state index contributed by atoms with van der Waals surface area (Å²) in [5.41, 5.74) is 8.99. The average molecular weight is 457 g/mol. The first kappa shape index (κ1) is 16.7. The molecule has 2 aromatic rings. The Labute approximate surface area is 142 Å². The van der Waals surface area contributed by atoms with Gasteiger partial charge in [0, 0.05) is 0 Å². The van der Waals surface area contributed by atoms with Crippen LogP contribution in [0.1, 0.15) is 36.3 Å². The van der Waals surface area contributed by atoms with Gasteiger partial charge in [-0.1, -0.05) is 0 Å². The van der Waals surface area contributed by atoms with Gasteiger partial charge < -0.3 is 0 Å². The number of thioether (sulfide) groups is 1. The van der Waals surface area contributed by atoms with Crippen molar-refractivity contribution in [2.75, 3.05) is 5.75 Å². The van der Waals surface area contributed by atoms with Gasteiger partial charge in [0.25, 0.3) is 0 Å². The quantitative estimate of drug-likeness (QED) is 0.613. The van der Waals surface area contributed by atoms with E-state index in [1.165, 1.54) is 26.3 Å². The van der Waals surface area contributed by atoms with E-state index < -0.39 is 18.9 Å². The Morgan fingerprint density at radius 2 is 1.80 bits per heavy atom. The van der Waals surface area contributed by atoms with Crippen LogP contribution >= 0.6 is 24.5 Å². The number of hydrogen-bond donors (Lipinski definition) is 1. The SMILES string of the molecule is CCSC([CH2][Sn][Br])c1cc2ccccc2cc1C(C)N. The van der Waals surface area contributed by atoms with Gasteiger partial charge in [0.1, 0.15) is 0 Å². The van der Waals surface area contributed by atoms with Crippen LogP contribution in [0.5, 0.6) is 0 Å². The zero-order valence-corrected chi connectivity index (χ0v) is 17.2. The molecule has 0 aliphatic heterocycles. The van der Waals surface area contributed by atoms with E-state index in [2.05, 4.69) is 74.7 Å². The second-order valence-corrected chi connectivity index (χ2v) is 12.1. The Bertz CT molecular complexity index is 567. The summed E-state index contributed by atoms with van der Waals surface area (Å²) in [5, 5.41) is 3.22. The van der Waals surface area contributed by atoms with Gasteiger partial charge in [0.2, 0.25) is 0 Å². The van der Waals surface area contributed by atoms with Gasteiger partial charge >= 0.3 is 143 Å². The molecule has 2 N–H and O–H groups in total. The number of fused-ring (bicyclic) bond motifs is 1. The van der Waals surface area contributed by atoms with Gasteiger partial charge in [-0.05, 0) is 0 Å². The molecule has 0 amide bonds. The number of rotatable bonds is 6. The van der Waals surface area contributed by atoms with Crippen LogP contribution in [-0.2, 0) is 0 Å². The van der Waals surface area contributed by atoms with E-state index in [-0.39, 0.29) is 6.04 Å². The number of halogens is 1. The monoisotopic (exact) mass is 457 g/mol. The van der Waals surface area contributed by atoms with Crippen LogP contribution in [-0.4, -0.2) is 24.7 Å². The zero-order chi connectivity index (χ0) is 14.5. The molecule has 0 bridgehead atoms. The minimum absolute atomic E-state index is 0.0929. The van der Waals surface area contributed by atoms with Crippen molar-refractivity contribution >= 4 is 54.2 Å². The fourth-order valence-corrected chi connectivity index (χ4v) is 9.59. The van der Waals surface area contributed by atoms with Crippen LogP contribution in [0.3, 0.4) is 0 Å². The predicted molar refractivity (Wildman–Crippen MR) is 96.9 cm³/mol. The Kier molecular flexibility index (Phi) is 6.71. The molecule has 4 heteroatoms. The summed E-state index contributed by atoms with van der Waals surface area (Å²) in [7, 11) is 0. The number of hydrogen-bond acceptors (Lipinski definition) is 2. The van der Waals surface area contributed by atoms with Crippen molar-refractivity contribution in [2.45, 2.75) is 29.6 Å². The van der Waals surface area contributed by atoms with Crippen molar-refractivity contribution in [3.8, 4) is 0 Å². The first-order valence-corrected chi connectivity index (χ1v) is 16.4. The molecule has 0 spiro atoms. The molecule has 106 valence electrons. The van der Waals surface area contributed by atoms with Gasteiger partial charge in [0.05, 0.1) is 0 Å². The van der Waals surface area contributed by atoms with Gasteiger partial charge in [-0.25, -0.2) is 0 Å². The fraction of sp³-hybridized carbons (Fsp3) is 0.375. The van der Waals surface area contributed by atoms with E-state index in [4.69, 9.17) is 5.73 Å². The van der Waals surface area contributed by atoms with E-state index in [1.54, 1.807) is 0 Å². The van der Waals surface area contributed by atoms with Crippen LogP contribution in [0.4, 0.5) is 0 Å². The van der Waals surface area contributed by atoms with Crippen molar-refractivity contribution in [2.24, 2.45) is 5.73 Å². The standard InChI is InChI=1S/C16H20NS.BrH.Sn/c1-4-18-12(3)16-10-14-8-6-5-7-13(14)9-15(16)11(2)17;;/h5-12H,3-4,17H2,1-2H3;1H;/q;;+1/p-1. The van der Waals surface area contributed by atoms with Crippen molar-refractivity contribution in [3.63, 3.8) is 0 Å². The Balaban J connectivity index is 2.55. The molecule has 2 atom stereocenters. The van der Waals surface area contributed by atoms with Gasteiger partial charge in [-0.2, -0.15) is 0 Å². The molecule has 0 heterocycles. The van der Waals surface area contributed by atoms with Gasteiger partial charge in [0.15, 0.2) is 0 Å². The summed E-state index contributed by atoms with van der Waals surface area (Å²) in [5.74, 6) is 1.16. The fourth-order valence-electron chi connectivity index (χ4n) is 2.48. The van der Waals surface area contributed by atoms with Crippen LogP contribution in [0.15, 0.2) is 36.4 Å². The number of nitrogens with two attached hydrogens (primary N) is 1. The summed E-state index contributed by atoms with van der Waals surface area (Å²) in [6.07, 6.45) is 0. The second-order valence-electron chi connectivity index (χ2n) is 4.90. The molecule has 0 saturated carbocycles. The summed E-state index contributed by atoms with van der Waals surface area (Å²) in [6, 6.07) is 13.3. The number of benzene rings is 2. The molecule has 0 aliphatic carbocycles. The molecule has 2 unspecified atom stereocenters. The topological polar surface area (TPSA) is 26.0 Å². The maximum atomic E-state index is 6.23. The zero-order valence-electron chi connectivity index (χ0n) is 11.9. The van der Waals surface area contributed by atoms with Crippen LogP contribution in [0.2, 0.25) is 4.44 Å². The third-order valence-corrected chi connectivity index (χ3v) is 9.20. The van der Waals surface area contributed by atoms with E-state index >= 15 is 0 Å². The molecule has 2 aromatic carbocycles. The minimum atomic E-state index is -0.399. The van der Waals surface area contributed by atoms with Crippen molar-refractivity contribution in [3.05, 3.63) is 47.5 Å². The molecular formula is C16H20BrNSSn. The van der Waals surface area contributed by atoms with Crippen LogP contribution in [0, 0.1) is 0 Å². The molecule has 20 heavy (non-hydrogen) atoms. The van der Waals surface area contributed by atoms with Crippen molar-refractivity contribution < 1.29 is 0 Å². The van der Waals surface area contributed by atoms with Crippen LogP contribution < -0.4 is 5.73 Å². The Hall–Kier alpha value is 0.289. The predicted octanol–water partition coefficient (Wildman–Crippen LogP) is 5.09. The molecule has 0 aromatic heterocycles. The normalized spacial score (nSPS) is 14.4. The second kappa shape index (κ2) is 8.06. The van der Waals surface area contributed by atoms with E-state index in [0.717, 1.165) is 5.75 Å². The molecule has 0 aliphatic rings. The summed E-state index contributed by atoms with van der Waals surface area (Å²) in [6.45, 7) is 4.33. The summed E-state index contributed by atoms with van der Waals surface area (Å²) < 4.78 is 1.31. The molecule has 2 rings (SSSR count). The van der Waals surface area contributed by atoms with Gasteiger partial charge in [-0.3, -0.25) is 0 Å². The third kappa shape index (κ3) is 3.93. The van der Waals surface area contributed by atoms with E-state index in [1.807, 2.05) is 0 Å². The van der Waals surface area contributed by atoms with Crippen molar-refractivity contribution in [1.82, 2.24) is 0 Å². The molecule has 0 fully saturated rings. The summed E-state index contributed by atoms with van der Waals surface area (Å²) in [4.78, 5) is 0.